The number of carbonyl (C=O) groups excluding carboxylic acids is 3. The van der Waals surface area contributed by atoms with Crippen LogP contribution in [0.3, 0.4) is 0 Å². The van der Waals surface area contributed by atoms with Crippen LogP contribution in [0.2, 0.25) is 10.0 Å². The van der Waals surface area contributed by atoms with E-state index in [-0.39, 0.29) is 31.5 Å². The van der Waals surface area contributed by atoms with E-state index in [0.29, 0.717) is 15.8 Å². The van der Waals surface area contributed by atoms with E-state index >= 15 is 0 Å². The third-order valence-electron chi connectivity index (χ3n) is 6.24. The molecule has 3 amide bonds. The Morgan fingerprint density at radius 2 is 1.91 bits per heavy atom. The number of nitrogens with zero attached hydrogens (tertiary/aromatic N) is 1. The van der Waals surface area contributed by atoms with Gasteiger partial charge >= 0.3 is 0 Å². The second-order valence-corrected chi connectivity index (χ2v) is 9.13. The molecule has 3 aliphatic heterocycles. The van der Waals surface area contributed by atoms with Crippen molar-refractivity contribution in [1.29, 1.82) is 0 Å². The van der Waals surface area contributed by atoms with Crippen LogP contribution in [-0.4, -0.2) is 47.5 Å². The molecule has 4 atom stereocenters. The SMILES string of the molecule is O=C(COc1ccc(Cl)cc1Cl)NC[C@@]12C=C[C@@H](O1)[C@H]1C(=O)N(Cc3ccccc3)C(=O)[C@@H]12. The number of hydrogen-bond acceptors (Lipinski definition) is 5. The van der Waals surface area contributed by atoms with Gasteiger partial charge in [0.05, 0.1) is 36.1 Å². The van der Waals surface area contributed by atoms with Crippen molar-refractivity contribution in [3.8, 4) is 5.75 Å². The summed E-state index contributed by atoms with van der Waals surface area (Å²) in [4.78, 5) is 40.0. The lowest BCUT2D eigenvalue weighted by Crippen LogP contribution is -2.49. The maximum atomic E-state index is 13.2. The van der Waals surface area contributed by atoms with Crippen molar-refractivity contribution in [3.63, 3.8) is 0 Å². The summed E-state index contributed by atoms with van der Waals surface area (Å²) >= 11 is 11.9. The molecule has 2 saturated heterocycles. The van der Waals surface area contributed by atoms with Crippen molar-refractivity contribution in [1.82, 2.24) is 10.2 Å². The van der Waals surface area contributed by atoms with Crippen molar-refractivity contribution in [2.24, 2.45) is 11.8 Å². The third-order valence-corrected chi connectivity index (χ3v) is 6.77. The van der Waals surface area contributed by atoms with Crippen molar-refractivity contribution in [2.45, 2.75) is 18.2 Å². The summed E-state index contributed by atoms with van der Waals surface area (Å²) in [5.41, 5.74) is -0.179. The monoisotopic (exact) mass is 486 g/mol. The van der Waals surface area contributed by atoms with Crippen LogP contribution in [0.1, 0.15) is 5.56 Å². The number of fused-ring (bicyclic) bond motifs is 5. The Morgan fingerprint density at radius 3 is 2.67 bits per heavy atom. The first-order valence-electron chi connectivity index (χ1n) is 10.5. The predicted molar refractivity (Wildman–Crippen MR) is 121 cm³/mol. The van der Waals surface area contributed by atoms with E-state index in [9.17, 15) is 14.4 Å². The summed E-state index contributed by atoms with van der Waals surface area (Å²) in [6.45, 7) is -0.00204. The van der Waals surface area contributed by atoms with Crippen molar-refractivity contribution >= 4 is 40.9 Å². The maximum Gasteiger partial charge on any atom is 0.258 e. The van der Waals surface area contributed by atoms with E-state index < -0.39 is 29.4 Å². The Bertz CT molecular complexity index is 1150. The van der Waals surface area contributed by atoms with Gasteiger partial charge in [-0.2, -0.15) is 0 Å². The molecule has 0 unspecified atom stereocenters. The number of hydrogen-bond donors (Lipinski definition) is 1. The van der Waals surface area contributed by atoms with Gasteiger partial charge in [0.25, 0.3) is 5.91 Å². The van der Waals surface area contributed by atoms with Gasteiger partial charge in [0.15, 0.2) is 6.61 Å². The van der Waals surface area contributed by atoms with Crippen LogP contribution in [0, 0.1) is 11.8 Å². The molecule has 33 heavy (non-hydrogen) atoms. The molecular formula is C24H20Cl2N2O5. The summed E-state index contributed by atoms with van der Waals surface area (Å²) < 4.78 is 11.5. The van der Waals surface area contributed by atoms with Crippen molar-refractivity contribution in [2.75, 3.05) is 13.2 Å². The Hall–Kier alpha value is -2.87. The Balaban J connectivity index is 1.24. The predicted octanol–water partition coefficient (Wildman–Crippen LogP) is 3.00. The molecule has 3 heterocycles. The number of amides is 3. The lowest BCUT2D eigenvalue weighted by Gasteiger charge is -2.29. The molecule has 0 aromatic heterocycles. The highest BCUT2D eigenvalue weighted by molar-refractivity contribution is 6.35. The summed E-state index contributed by atoms with van der Waals surface area (Å²) in [7, 11) is 0. The molecule has 1 N–H and O–H groups in total. The molecule has 2 fully saturated rings. The topological polar surface area (TPSA) is 84.9 Å². The van der Waals surface area contributed by atoms with Crippen LogP contribution in [0.4, 0.5) is 0 Å². The molecule has 0 aliphatic carbocycles. The maximum absolute atomic E-state index is 13.2. The van der Waals surface area contributed by atoms with E-state index in [1.807, 2.05) is 30.3 Å². The van der Waals surface area contributed by atoms with E-state index in [1.54, 1.807) is 24.3 Å². The fourth-order valence-corrected chi connectivity index (χ4v) is 5.17. The number of nitrogens with one attached hydrogen (secondary N) is 1. The summed E-state index contributed by atoms with van der Waals surface area (Å²) in [6, 6.07) is 14.1. The Labute approximate surface area is 200 Å². The van der Waals surface area contributed by atoms with Crippen LogP contribution in [0.5, 0.6) is 5.75 Å². The molecule has 5 rings (SSSR count). The first-order chi connectivity index (χ1) is 15.9. The zero-order valence-electron chi connectivity index (χ0n) is 17.4. The Kier molecular flexibility index (Phi) is 5.64. The van der Waals surface area contributed by atoms with Gasteiger partial charge in [0, 0.05) is 5.02 Å². The fourth-order valence-electron chi connectivity index (χ4n) is 4.71. The standard InChI is InChI=1S/C24H20Cl2N2O5/c25-15-6-7-17(16(26)10-15)32-12-19(29)27-13-24-9-8-18(33-24)20-21(24)23(31)28(22(20)30)11-14-4-2-1-3-5-14/h1-10,18,20-21H,11-13H2,(H,27,29)/t18-,20-,21-,24-/m1/s1. The molecule has 2 aromatic rings. The van der Waals surface area contributed by atoms with E-state index in [4.69, 9.17) is 32.7 Å². The highest BCUT2D eigenvalue weighted by Gasteiger charge is 2.67. The van der Waals surface area contributed by atoms with Crippen LogP contribution in [0.25, 0.3) is 0 Å². The highest BCUT2D eigenvalue weighted by Crippen LogP contribution is 2.51. The number of halogens is 2. The van der Waals surface area contributed by atoms with Crippen molar-refractivity contribution in [3.05, 3.63) is 76.3 Å². The zero-order valence-corrected chi connectivity index (χ0v) is 18.9. The number of imide groups is 1. The quantitative estimate of drug-likeness (QED) is 0.480. The number of benzene rings is 2. The number of ether oxygens (including phenoxy) is 2. The van der Waals surface area contributed by atoms with Crippen LogP contribution < -0.4 is 10.1 Å². The van der Waals surface area contributed by atoms with E-state index in [2.05, 4.69) is 5.32 Å². The van der Waals surface area contributed by atoms with Gasteiger partial charge in [-0.15, -0.1) is 0 Å². The lowest BCUT2D eigenvalue weighted by atomic mass is 9.77. The second kappa shape index (κ2) is 8.48. The average Bonchev–Trinajstić information content (AvgIpc) is 3.44. The van der Waals surface area contributed by atoms with Gasteiger partial charge in [0.2, 0.25) is 11.8 Å². The lowest BCUT2D eigenvalue weighted by molar-refractivity contribution is -0.145. The van der Waals surface area contributed by atoms with Gasteiger partial charge in [0.1, 0.15) is 11.4 Å². The number of carbonyl (C=O) groups is 3. The smallest absolute Gasteiger partial charge is 0.258 e. The first-order valence-corrected chi connectivity index (χ1v) is 11.2. The molecule has 0 radical (unpaired) electrons. The summed E-state index contributed by atoms with van der Waals surface area (Å²) in [5, 5.41) is 3.52. The van der Waals surface area contributed by atoms with E-state index in [0.717, 1.165) is 5.56 Å². The second-order valence-electron chi connectivity index (χ2n) is 8.29. The molecule has 2 aromatic carbocycles. The van der Waals surface area contributed by atoms with Gasteiger partial charge in [-0.1, -0.05) is 65.7 Å². The molecule has 0 spiro atoms. The van der Waals surface area contributed by atoms with Crippen molar-refractivity contribution < 1.29 is 23.9 Å². The summed E-state index contributed by atoms with van der Waals surface area (Å²) in [6.07, 6.45) is 3.11. The zero-order chi connectivity index (χ0) is 23.2. The summed E-state index contributed by atoms with van der Waals surface area (Å²) in [5.74, 6) is -1.84. The average molecular weight is 487 g/mol. The number of rotatable bonds is 7. The largest absolute Gasteiger partial charge is 0.482 e. The fraction of sp³-hybridized carbons (Fsp3) is 0.292. The third kappa shape index (κ3) is 3.90. The molecule has 7 nitrogen and oxygen atoms in total. The van der Waals surface area contributed by atoms with Gasteiger partial charge in [-0.3, -0.25) is 19.3 Å². The van der Waals surface area contributed by atoms with Crippen LogP contribution in [0.15, 0.2) is 60.7 Å². The first kappa shape index (κ1) is 21.9. The number of likely N-dealkylation sites (tertiary alicyclic amines) is 1. The molecule has 9 heteroatoms. The normalized spacial score (nSPS) is 27.2. The minimum Gasteiger partial charge on any atom is -0.482 e. The molecule has 170 valence electrons. The van der Waals surface area contributed by atoms with Crippen LogP contribution >= 0.6 is 23.2 Å². The highest BCUT2D eigenvalue weighted by atomic mass is 35.5. The molecule has 2 bridgehead atoms. The molecule has 3 aliphatic rings. The minimum atomic E-state index is -1.05. The minimum absolute atomic E-state index is 0.0515. The molecule has 0 saturated carbocycles. The van der Waals surface area contributed by atoms with Crippen LogP contribution in [-0.2, 0) is 25.7 Å². The van der Waals surface area contributed by atoms with E-state index in [1.165, 1.54) is 11.0 Å². The molecular weight excluding hydrogens is 467 g/mol. The van der Waals surface area contributed by atoms with Gasteiger partial charge in [-0.05, 0) is 23.8 Å². The Morgan fingerprint density at radius 1 is 1.12 bits per heavy atom. The van der Waals surface area contributed by atoms with Gasteiger partial charge < -0.3 is 14.8 Å². The van der Waals surface area contributed by atoms with Gasteiger partial charge in [-0.25, -0.2) is 0 Å².